The Morgan fingerprint density at radius 3 is 2.44 bits per heavy atom. The fourth-order valence-corrected chi connectivity index (χ4v) is 2.04. The summed E-state index contributed by atoms with van der Waals surface area (Å²) in [6.45, 7) is 9.99. The van der Waals surface area contributed by atoms with Gasteiger partial charge in [-0.3, -0.25) is 14.6 Å². The van der Waals surface area contributed by atoms with Crippen LogP contribution in [0.4, 0.5) is 0 Å². The molecule has 1 amide bonds. The third kappa shape index (κ3) is 4.28. The Balaban J connectivity index is 2.37. The molecule has 1 rings (SSSR count). The molecule has 0 bridgehead atoms. The number of nitrogens with one attached hydrogen (secondary N) is 1. The lowest BCUT2D eigenvalue weighted by Crippen LogP contribution is -2.54. The first-order valence-electron chi connectivity index (χ1n) is 6.72. The van der Waals surface area contributed by atoms with Crippen molar-refractivity contribution in [1.29, 1.82) is 5.26 Å². The quantitative estimate of drug-likeness (QED) is 0.721. The van der Waals surface area contributed by atoms with Gasteiger partial charge in [-0.25, -0.2) is 0 Å². The molecule has 1 saturated heterocycles. The minimum Gasteiger partial charge on any atom is -0.352 e. The summed E-state index contributed by atoms with van der Waals surface area (Å²) < 4.78 is 0. The van der Waals surface area contributed by atoms with Gasteiger partial charge in [0.25, 0.3) is 0 Å². The highest BCUT2D eigenvalue weighted by Crippen LogP contribution is 2.06. The molecular formula is C13H24N4O. The van der Waals surface area contributed by atoms with E-state index < -0.39 is 0 Å². The number of piperazine rings is 1. The van der Waals surface area contributed by atoms with Crippen molar-refractivity contribution in [3.8, 4) is 6.07 Å². The summed E-state index contributed by atoms with van der Waals surface area (Å²) in [4.78, 5) is 16.3. The zero-order chi connectivity index (χ0) is 13.5. The number of carbonyl (C=O) groups is 1. The minimum absolute atomic E-state index is 0.0803. The van der Waals surface area contributed by atoms with Gasteiger partial charge in [-0.15, -0.1) is 0 Å². The van der Waals surface area contributed by atoms with Crippen molar-refractivity contribution in [2.24, 2.45) is 0 Å². The van der Waals surface area contributed by atoms with Crippen molar-refractivity contribution in [3.05, 3.63) is 0 Å². The highest BCUT2D eigenvalue weighted by molar-refractivity contribution is 5.81. The van der Waals surface area contributed by atoms with Crippen molar-refractivity contribution in [2.75, 3.05) is 32.7 Å². The van der Waals surface area contributed by atoms with Gasteiger partial charge in [0.15, 0.2) is 0 Å². The smallest absolute Gasteiger partial charge is 0.237 e. The standard InChI is InChI=1S/C13H24N4O/c1-4-11(2)15-13(18)12(3)17-9-7-16(6-5-14)8-10-17/h11-12H,4,6-10H2,1-3H3,(H,15,18). The summed E-state index contributed by atoms with van der Waals surface area (Å²) in [5.41, 5.74) is 0. The first kappa shape index (κ1) is 14.9. The van der Waals surface area contributed by atoms with Gasteiger partial charge in [0.2, 0.25) is 5.91 Å². The molecule has 0 radical (unpaired) electrons. The van der Waals surface area contributed by atoms with Crippen LogP contribution in [0.3, 0.4) is 0 Å². The van der Waals surface area contributed by atoms with Crippen LogP contribution in [0.15, 0.2) is 0 Å². The van der Waals surface area contributed by atoms with E-state index in [1.54, 1.807) is 0 Å². The van der Waals surface area contributed by atoms with E-state index in [0.717, 1.165) is 32.6 Å². The number of nitriles is 1. The second kappa shape index (κ2) is 7.34. The molecule has 1 N–H and O–H groups in total. The van der Waals surface area contributed by atoms with Gasteiger partial charge in [0, 0.05) is 32.2 Å². The van der Waals surface area contributed by atoms with Gasteiger partial charge >= 0.3 is 0 Å². The first-order chi connectivity index (χ1) is 8.58. The lowest BCUT2D eigenvalue weighted by atomic mass is 10.2. The molecule has 2 unspecified atom stereocenters. The molecule has 1 aliphatic heterocycles. The molecule has 0 aliphatic carbocycles. The summed E-state index contributed by atoms with van der Waals surface area (Å²) in [6.07, 6.45) is 0.953. The predicted octanol–water partition coefficient (Wildman–Crippen LogP) is 0.431. The maximum absolute atomic E-state index is 12.0. The fourth-order valence-electron chi connectivity index (χ4n) is 2.04. The van der Waals surface area contributed by atoms with Crippen molar-refractivity contribution in [2.45, 2.75) is 39.3 Å². The van der Waals surface area contributed by atoms with E-state index in [-0.39, 0.29) is 18.0 Å². The van der Waals surface area contributed by atoms with Gasteiger partial charge in [-0.2, -0.15) is 5.26 Å². The van der Waals surface area contributed by atoms with Crippen molar-refractivity contribution in [3.63, 3.8) is 0 Å². The molecule has 0 aromatic rings. The van der Waals surface area contributed by atoms with Crippen LogP contribution in [0.2, 0.25) is 0 Å². The van der Waals surface area contributed by atoms with E-state index in [1.165, 1.54) is 0 Å². The topological polar surface area (TPSA) is 59.4 Å². The van der Waals surface area contributed by atoms with Crippen LogP contribution in [-0.4, -0.2) is 60.5 Å². The van der Waals surface area contributed by atoms with E-state index in [2.05, 4.69) is 28.1 Å². The molecule has 5 heteroatoms. The van der Waals surface area contributed by atoms with Gasteiger partial charge in [-0.1, -0.05) is 6.92 Å². The van der Waals surface area contributed by atoms with Gasteiger partial charge in [-0.05, 0) is 20.3 Å². The van der Waals surface area contributed by atoms with E-state index in [0.29, 0.717) is 6.54 Å². The number of nitrogens with zero attached hydrogens (tertiary/aromatic N) is 3. The number of rotatable bonds is 5. The Bertz CT molecular complexity index is 305. The zero-order valence-corrected chi connectivity index (χ0v) is 11.6. The molecule has 0 aromatic heterocycles. The molecule has 0 spiro atoms. The van der Waals surface area contributed by atoms with Crippen LogP contribution in [0.5, 0.6) is 0 Å². The van der Waals surface area contributed by atoms with Crippen molar-refractivity contribution >= 4 is 5.91 Å². The molecule has 18 heavy (non-hydrogen) atoms. The predicted molar refractivity (Wildman–Crippen MR) is 71.0 cm³/mol. The fraction of sp³-hybridized carbons (Fsp3) is 0.846. The van der Waals surface area contributed by atoms with E-state index in [9.17, 15) is 4.79 Å². The van der Waals surface area contributed by atoms with Gasteiger partial charge in [0.1, 0.15) is 0 Å². The summed E-state index contributed by atoms with van der Waals surface area (Å²) in [6, 6.07) is 2.32. The summed E-state index contributed by atoms with van der Waals surface area (Å²) in [5.74, 6) is 0.109. The van der Waals surface area contributed by atoms with Crippen molar-refractivity contribution in [1.82, 2.24) is 15.1 Å². The second-order valence-electron chi connectivity index (χ2n) is 4.96. The van der Waals surface area contributed by atoms with E-state index >= 15 is 0 Å². The zero-order valence-electron chi connectivity index (χ0n) is 11.6. The Hall–Kier alpha value is -1.12. The van der Waals surface area contributed by atoms with E-state index in [4.69, 9.17) is 5.26 Å². The average molecular weight is 252 g/mol. The molecule has 1 fully saturated rings. The minimum atomic E-state index is -0.0803. The number of carbonyl (C=O) groups excluding carboxylic acids is 1. The third-order valence-electron chi connectivity index (χ3n) is 3.63. The number of amides is 1. The maximum Gasteiger partial charge on any atom is 0.237 e. The summed E-state index contributed by atoms with van der Waals surface area (Å²) >= 11 is 0. The molecule has 5 nitrogen and oxygen atoms in total. The normalized spacial score (nSPS) is 21.0. The summed E-state index contributed by atoms with van der Waals surface area (Å²) in [5, 5.41) is 11.7. The third-order valence-corrected chi connectivity index (χ3v) is 3.63. The highest BCUT2D eigenvalue weighted by Gasteiger charge is 2.25. The maximum atomic E-state index is 12.0. The lowest BCUT2D eigenvalue weighted by Gasteiger charge is -2.36. The SMILES string of the molecule is CCC(C)NC(=O)C(C)N1CCN(CC#N)CC1. The van der Waals surface area contributed by atoms with Crippen LogP contribution < -0.4 is 5.32 Å². The molecular weight excluding hydrogens is 228 g/mol. The van der Waals surface area contributed by atoms with E-state index in [1.807, 2.05) is 13.8 Å². The average Bonchev–Trinajstić information content (AvgIpc) is 2.39. The van der Waals surface area contributed by atoms with Crippen LogP contribution >= 0.6 is 0 Å². The van der Waals surface area contributed by atoms with Crippen LogP contribution in [-0.2, 0) is 4.79 Å². The van der Waals surface area contributed by atoms with Crippen molar-refractivity contribution < 1.29 is 4.79 Å². The van der Waals surface area contributed by atoms with Crippen LogP contribution in [0, 0.1) is 11.3 Å². The molecule has 0 aromatic carbocycles. The first-order valence-corrected chi connectivity index (χ1v) is 6.72. The Kier molecular flexibility index (Phi) is 6.10. The van der Waals surface area contributed by atoms with Gasteiger partial charge in [0.05, 0.1) is 18.7 Å². The number of hydrogen-bond acceptors (Lipinski definition) is 4. The highest BCUT2D eigenvalue weighted by atomic mass is 16.2. The molecule has 1 heterocycles. The molecule has 2 atom stereocenters. The largest absolute Gasteiger partial charge is 0.352 e. The second-order valence-corrected chi connectivity index (χ2v) is 4.96. The summed E-state index contributed by atoms with van der Waals surface area (Å²) in [7, 11) is 0. The Morgan fingerprint density at radius 1 is 1.33 bits per heavy atom. The lowest BCUT2D eigenvalue weighted by molar-refractivity contribution is -0.127. The molecule has 0 saturated carbocycles. The Morgan fingerprint density at radius 2 is 1.94 bits per heavy atom. The van der Waals surface area contributed by atoms with Gasteiger partial charge < -0.3 is 5.32 Å². The molecule has 102 valence electrons. The molecule has 1 aliphatic rings. The Labute approximate surface area is 110 Å². The van der Waals surface area contributed by atoms with Crippen LogP contribution in [0.1, 0.15) is 27.2 Å². The monoisotopic (exact) mass is 252 g/mol. The van der Waals surface area contributed by atoms with Crippen LogP contribution in [0.25, 0.3) is 0 Å². The number of hydrogen-bond donors (Lipinski definition) is 1.